The molecule has 2 aliphatic rings. The number of hydrogen-bond donors (Lipinski definition) is 0. The van der Waals surface area contributed by atoms with Crippen LogP contribution >= 0.6 is 0 Å². The number of fused-ring (bicyclic) bond motifs is 1. The number of rotatable bonds is 5. The zero-order chi connectivity index (χ0) is 25.1. The van der Waals surface area contributed by atoms with Crippen molar-refractivity contribution in [1.82, 2.24) is 19.4 Å². The van der Waals surface area contributed by atoms with Crippen molar-refractivity contribution in [3.05, 3.63) is 104 Å². The van der Waals surface area contributed by atoms with Crippen LogP contribution in [0.3, 0.4) is 0 Å². The van der Waals surface area contributed by atoms with Gasteiger partial charge < -0.3 is 0 Å². The van der Waals surface area contributed by atoms with Crippen LogP contribution in [0.5, 0.6) is 0 Å². The average molecular weight is 473 g/mol. The van der Waals surface area contributed by atoms with E-state index in [2.05, 4.69) is 35.0 Å². The second-order valence-corrected chi connectivity index (χ2v) is 9.42. The van der Waals surface area contributed by atoms with Gasteiger partial charge in [0.25, 0.3) is 5.56 Å². The lowest BCUT2D eigenvalue weighted by Crippen LogP contribution is -2.39. The third-order valence-electron chi connectivity index (χ3n) is 6.89. The van der Waals surface area contributed by atoms with Crippen molar-refractivity contribution < 1.29 is 4.39 Å². The highest BCUT2D eigenvalue weighted by Crippen LogP contribution is 2.34. The summed E-state index contributed by atoms with van der Waals surface area (Å²) in [4.78, 5) is 23.6. The molecule has 0 aromatic carbocycles. The molecule has 3 heterocycles. The number of nitrogens with zero attached hydrogens (tertiary/aromatic N) is 4. The summed E-state index contributed by atoms with van der Waals surface area (Å²) >= 11 is 0. The molecule has 0 saturated heterocycles. The fraction of sp³-hybridized carbons (Fsp3) is 0.345. The van der Waals surface area contributed by atoms with Gasteiger partial charge in [-0.1, -0.05) is 23.8 Å². The molecule has 1 aliphatic heterocycles. The number of pyridine rings is 1. The Kier molecular flexibility index (Phi) is 7.41. The van der Waals surface area contributed by atoms with E-state index in [0.717, 1.165) is 47.5 Å². The molecule has 4 rings (SSSR count). The Morgan fingerprint density at radius 3 is 2.80 bits per heavy atom. The summed E-state index contributed by atoms with van der Waals surface area (Å²) in [5.41, 5.74) is 7.11. The van der Waals surface area contributed by atoms with Crippen molar-refractivity contribution in [2.45, 2.75) is 53.1 Å². The topological polar surface area (TPSA) is 51.0 Å². The van der Waals surface area contributed by atoms with Crippen molar-refractivity contribution in [1.29, 1.82) is 0 Å². The smallest absolute Gasteiger partial charge is 0.253 e. The zero-order valence-corrected chi connectivity index (χ0v) is 21.2. The first-order valence-electron chi connectivity index (χ1n) is 12.1. The van der Waals surface area contributed by atoms with Crippen molar-refractivity contribution >= 4 is 11.6 Å². The number of hydrogen-bond acceptors (Lipinski definition) is 4. The first-order chi connectivity index (χ1) is 16.8. The molecule has 35 heavy (non-hydrogen) atoms. The van der Waals surface area contributed by atoms with Crippen LogP contribution in [-0.2, 0) is 20.0 Å². The maximum atomic E-state index is 14.5. The summed E-state index contributed by atoms with van der Waals surface area (Å²) in [5, 5.41) is 0. The van der Waals surface area contributed by atoms with Crippen LogP contribution in [0.25, 0.3) is 11.6 Å². The highest BCUT2D eigenvalue weighted by Gasteiger charge is 2.25. The third-order valence-corrected chi connectivity index (χ3v) is 6.89. The van der Waals surface area contributed by atoms with E-state index in [9.17, 15) is 9.18 Å². The molecule has 0 fully saturated rings. The molecule has 5 nitrogen and oxygen atoms in total. The van der Waals surface area contributed by atoms with E-state index in [4.69, 9.17) is 4.98 Å². The van der Waals surface area contributed by atoms with E-state index in [1.54, 1.807) is 23.9 Å². The minimum atomic E-state index is -0.186. The minimum Gasteiger partial charge on any atom is -0.296 e. The van der Waals surface area contributed by atoms with Gasteiger partial charge in [-0.25, -0.2) is 9.37 Å². The van der Waals surface area contributed by atoms with E-state index < -0.39 is 0 Å². The van der Waals surface area contributed by atoms with E-state index in [1.807, 2.05) is 39.1 Å². The largest absolute Gasteiger partial charge is 0.296 e. The van der Waals surface area contributed by atoms with Crippen LogP contribution in [0.4, 0.5) is 4.39 Å². The molecule has 182 valence electrons. The summed E-state index contributed by atoms with van der Waals surface area (Å²) in [6.07, 6.45) is 14.7. The molecule has 6 heteroatoms. The average Bonchev–Trinajstić information content (AvgIpc) is 2.98. The highest BCUT2D eigenvalue weighted by molar-refractivity contribution is 5.74. The van der Waals surface area contributed by atoms with Gasteiger partial charge in [-0.05, 0) is 80.2 Å². The number of halogens is 1. The Bertz CT molecular complexity index is 1340. The number of allylic oxidation sites excluding steroid dienone is 7. The molecule has 0 N–H and O–H groups in total. The van der Waals surface area contributed by atoms with Gasteiger partial charge in [-0.3, -0.25) is 19.2 Å². The summed E-state index contributed by atoms with van der Waals surface area (Å²) in [6, 6.07) is 3.72. The lowest BCUT2D eigenvalue weighted by atomic mass is 9.93. The van der Waals surface area contributed by atoms with Gasteiger partial charge in [0.2, 0.25) is 0 Å². The van der Waals surface area contributed by atoms with Crippen molar-refractivity contribution in [3.8, 4) is 0 Å². The normalized spacial score (nSPS) is 18.3. The first-order valence-corrected chi connectivity index (χ1v) is 12.1. The summed E-state index contributed by atoms with van der Waals surface area (Å²) in [7, 11) is 1.74. The van der Waals surface area contributed by atoms with Crippen molar-refractivity contribution in [3.63, 3.8) is 0 Å². The van der Waals surface area contributed by atoms with Crippen LogP contribution in [0.1, 0.15) is 56.8 Å². The molecule has 0 radical (unpaired) electrons. The number of aromatic nitrogens is 3. The molecule has 2 aromatic rings. The van der Waals surface area contributed by atoms with Gasteiger partial charge in [0.05, 0.1) is 0 Å². The Morgan fingerprint density at radius 2 is 2.03 bits per heavy atom. The Labute approximate surface area is 206 Å². The quantitative estimate of drug-likeness (QED) is 0.535. The molecule has 0 saturated carbocycles. The maximum absolute atomic E-state index is 14.5. The Balaban J connectivity index is 1.65. The SMILES string of the molecule is C/C=C\C(/C(C)=C\c1nccc(=O)n1C)N1CCc2ncc(C3=C(C)C(F)=CC=C(C)C3)cc2C1. The highest BCUT2D eigenvalue weighted by atomic mass is 19.1. The summed E-state index contributed by atoms with van der Waals surface area (Å²) < 4.78 is 16.1. The fourth-order valence-corrected chi connectivity index (χ4v) is 4.78. The van der Waals surface area contributed by atoms with E-state index in [0.29, 0.717) is 17.8 Å². The molecular weight excluding hydrogens is 439 g/mol. The fourth-order valence-electron chi connectivity index (χ4n) is 4.78. The monoisotopic (exact) mass is 472 g/mol. The second kappa shape index (κ2) is 10.5. The summed E-state index contributed by atoms with van der Waals surface area (Å²) in [6.45, 7) is 9.61. The predicted molar refractivity (Wildman–Crippen MR) is 140 cm³/mol. The van der Waals surface area contributed by atoms with Crippen LogP contribution in [0, 0.1) is 0 Å². The third kappa shape index (κ3) is 5.33. The molecule has 1 atom stereocenters. The van der Waals surface area contributed by atoms with Crippen molar-refractivity contribution in [2.24, 2.45) is 7.05 Å². The standard InChI is InChI=1S/C29H33FN4O/c1-6-7-27(20(3)15-28-31-12-10-29(35)33(28)5)34-13-11-26-23(18-34)16-22(17-32-26)24-14-19(2)8-9-25(30)21(24)4/h6-10,12,15-17,27H,11,13-14,18H2,1-5H3/b7-6-,20-15-. The van der Waals surface area contributed by atoms with Gasteiger partial charge in [0, 0.05) is 56.8 Å². The lowest BCUT2D eigenvalue weighted by molar-refractivity contribution is 0.230. The summed E-state index contributed by atoms with van der Waals surface area (Å²) in [5.74, 6) is 0.453. The second-order valence-electron chi connectivity index (χ2n) is 9.42. The molecular formula is C29H33FN4O. The zero-order valence-electron chi connectivity index (χ0n) is 21.2. The van der Waals surface area contributed by atoms with Gasteiger partial charge in [0.1, 0.15) is 11.7 Å². The van der Waals surface area contributed by atoms with Crippen molar-refractivity contribution in [2.75, 3.05) is 6.54 Å². The molecule has 0 spiro atoms. The van der Waals surface area contributed by atoms with Gasteiger partial charge in [0.15, 0.2) is 0 Å². The van der Waals surface area contributed by atoms with Crippen LogP contribution < -0.4 is 5.56 Å². The van der Waals surface area contributed by atoms with Crippen LogP contribution in [-0.4, -0.2) is 32.0 Å². The van der Waals surface area contributed by atoms with Crippen LogP contribution in [0.15, 0.2) is 76.2 Å². The van der Waals surface area contributed by atoms with E-state index in [-0.39, 0.29) is 17.4 Å². The van der Waals surface area contributed by atoms with E-state index in [1.165, 1.54) is 11.6 Å². The first kappa shape index (κ1) is 24.7. The minimum absolute atomic E-state index is 0.0679. The molecule has 0 amide bonds. The van der Waals surface area contributed by atoms with Gasteiger partial charge >= 0.3 is 0 Å². The molecule has 1 unspecified atom stereocenters. The lowest BCUT2D eigenvalue weighted by Gasteiger charge is -2.34. The Hall–Kier alpha value is -3.38. The van der Waals surface area contributed by atoms with Crippen LogP contribution in [0.2, 0.25) is 0 Å². The van der Waals surface area contributed by atoms with Gasteiger partial charge in [-0.15, -0.1) is 0 Å². The Morgan fingerprint density at radius 1 is 1.23 bits per heavy atom. The predicted octanol–water partition coefficient (Wildman–Crippen LogP) is 5.56. The van der Waals surface area contributed by atoms with E-state index >= 15 is 0 Å². The molecule has 0 bridgehead atoms. The maximum Gasteiger partial charge on any atom is 0.253 e. The molecule has 1 aliphatic carbocycles. The van der Waals surface area contributed by atoms with Gasteiger partial charge in [-0.2, -0.15) is 0 Å². The molecule has 2 aromatic heterocycles.